The molecule has 118 valence electrons. The molecule has 3 rings (SSSR count). The summed E-state index contributed by atoms with van der Waals surface area (Å²) < 4.78 is 8.88. The average molecular weight is 320 g/mol. The number of benzene rings is 2. The zero-order valence-electron chi connectivity index (χ0n) is 12.3. The number of phosphoric acid groups is 1. The summed E-state index contributed by atoms with van der Waals surface area (Å²) >= 11 is 0. The first kappa shape index (κ1) is 16.9. The van der Waals surface area contributed by atoms with Gasteiger partial charge >= 0.3 is 7.82 Å². The Balaban J connectivity index is 0.000000309. The van der Waals surface area contributed by atoms with E-state index in [4.69, 9.17) is 19.2 Å². The molecule has 1 aliphatic rings. The molecule has 0 atom stereocenters. The molecule has 0 aliphatic heterocycles. The van der Waals surface area contributed by atoms with Crippen LogP contribution in [0, 0.1) is 0 Å². The Kier molecular flexibility index (Phi) is 5.54. The van der Waals surface area contributed by atoms with E-state index in [0.29, 0.717) is 0 Å². The quantitative estimate of drug-likeness (QED) is 0.739. The minimum Gasteiger partial charge on any atom is -0.303 e. The highest BCUT2D eigenvalue weighted by Gasteiger charge is 2.36. The average Bonchev–Trinajstić information content (AvgIpc) is 2.98. The Morgan fingerprint density at radius 2 is 1.05 bits per heavy atom. The van der Waals surface area contributed by atoms with Crippen molar-refractivity contribution in [1.82, 2.24) is 0 Å². The molecule has 0 bridgehead atoms. The summed E-state index contributed by atoms with van der Waals surface area (Å²) in [4.78, 5) is 21.6. The molecule has 0 amide bonds. The second-order valence-electron chi connectivity index (χ2n) is 5.53. The monoisotopic (exact) mass is 320 g/mol. The van der Waals surface area contributed by atoms with Crippen molar-refractivity contribution in [2.75, 3.05) is 0 Å². The van der Waals surface area contributed by atoms with Crippen LogP contribution < -0.4 is 0 Å². The Morgan fingerprint density at radius 3 is 1.36 bits per heavy atom. The van der Waals surface area contributed by atoms with Crippen molar-refractivity contribution in [3.05, 3.63) is 71.8 Å². The van der Waals surface area contributed by atoms with Gasteiger partial charge in [0.2, 0.25) is 0 Å². The molecule has 0 unspecified atom stereocenters. The van der Waals surface area contributed by atoms with E-state index in [1.807, 2.05) is 0 Å². The van der Waals surface area contributed by atoms with Gasteiger partial charge in [-0.05, 0) is 24.0 Å². The van der Waals surface area contributed by atoms with E-state index in [1.165, 1.54) is 36.8 Å². The molecule has 2 aromatic carbocycles. The number of rotatable bonds is 2. The van der Waals surface area contributed by atoms with Crippen LogP contribution in [0.5, 0.6) is 0 Å². The van der Waals surface area contributed by atoms with Gasteiger partial charge in [0, 0.05) is 5.41 Å². The number of hydrogen-bond acceptors (Lipinski definition) is 1. The van der Waals surface area contributed by atoms with Crippen molar-refractivity contribution in [3.63, 3.8) is 0 Å². The van der Waals surface area contributed by atoms with E-state index in [-0.39, 0.29) is 5.41 Å². The van der Waals surface area contributed by atoms with Gasteiger partial charge in [-0.3, -0.25) is 0 Å². The maximum Gasteiger partial charge on any atom is 0.466 e. The third-order valence-electron chi connectivity index (χ3n) is 4.11. The smallest absolute Gasteiger partial charge is 0.303 e. The molecular weight excluding hydrogens is 299 g/mol. The normalized spacial score (nSPS) is 16.7. The van der Waals surface area contributed by atoms with Crippen LogP contribution in [-0.2, 0) is 9.98 Å². The maximum absolute atomic E-state index is 8.88. The molecule has 5 heteroatoms. The van der Waals surface area contributed by atoms with Gasteiger partial charge in [0.15, 0.2) is 0 Å². The molecule has 3 N–H and O–H groups in total. The van der Waals surface area contributed by atoms with Crippen molar-refractivity contribution in [2.24, 2.45) is 0 Å². The molecule has 0 saturated heterocycles. The maximum atomic E-state index is 8.88. The summed E-state index contributed by atoms with van der Waals surface area (Å²) in [6.07, 6.45) is 5.29. The van der Waals surface area contributed by atoms with Crippen LogP contribution in [-0.4, -0.2) is 14.7 Å². The van der Waals surface area contributed by atoms with Gasteiger partial charge in [-0.1, -0.05) is 73.5 Å². The van der Waals surface area contributed by atoms with E-state index in [0.717, 1.165) is 0 Å². The second-order valence-corrected chi connectivity index (χ2v) is 6.56. The minimum atomic E-state index is -4.64. The molecule has 22 heavy (non-hydrogen) atoms. The van der Waals surface area contributed by atoms with E-state index < -0.39 is 7.82 Å². The van der Waals surface area contributed by atoms with Crippen LogP contribution in [0.25, 0.3) is 0 Å². The predicted molar refractivity (Wildman–Crippen MR) is 86.4 cm³/mol. The van der Waals surface area contributed by atoms with Crippen LogP contribution in [0.2, 0.25) is 0 Å². The van der Waals surface area contributed by atoms with Gasteiger partial charge in [0.25, 0.3) is 0 Å². The van der Waals surface area contributed by atoms with Gasteiger partial charge < -0.3 is 14.7 Å². The van der Waals surface area contributed by atoms with Crippen LogP contribution in [0.15, 0.2) is 60.7 Å². The second kappa shape index (κ2) is 7.21. The first-order chi connectivity index (χ1) is 10.4. The van der Waals surface area contributed by atoms with Crippen LogP contribution in [0.1, 0.15) is 36.8 Å². The summed E-state index contributed by atoms with van der Waals surface area (Å²) in [6.45, 7) is 0. The Bertz CT molecular complexity index is 566. The minimum absolute atomic E-state index is 0.280. The van der Waals surface area contributed by atoms with Gasteiger partial charge in [0.05, 0.1) is 0 Å². The van der Waals surface area contributed by atoms with E-state index in [1.54, 1.807) is 0 Å². The Morgan fingerprint density at radius 1 is 0.727 bits per heavy atom. The van der Waals surface area contributed by atoms with Crippen molar-refractivity contribution in [1.29, 1.82) is 0 Å². The van der Waals surface area contributed by atoms with Crippen molar-refractivity contribution >= 4 is 7.82 Å². The lowest BCUT2D eigenvalue weighted by atomic mass is 9.73. The first-order valence-electron chi connectivity index (χ1n) is 7.31. The Labute approximate surface area is 130 Å². The molecule has 1 fully saturated rings. The summed E-state index contributed by atoms with van der Waals surface area (Å²) in [5.41, 5.74) is 3.26. The SMILES string of the molecule is O=P(O)(O)O.c1ccc(C2(c3ccccc3)CCCC2)cc1. The van der Waals surface area contributed by atoms with Crippen LogP contribution in [0.3, 0.4) is 0 Å². The standard InChI is InChI=1S/C17H18.H3O4P/c1-3-9-15(10-4-1)17(13-7-8-14-17)16-11-5-2-6-12-16;1-5(2,3)4/h1-6,9-12H,7-8,13-14H2;(H3,1,2,3,4). The van der Waals surface area contributed by atoms with E-state index in [2.05, 4.69) is 60.7 Å². The molecule has 2 aromatic rings. The largest absolute Gasteiger partial charge is 0.466 e. The third kappa shape index (κ3) is 4.52. The summed E-state index contributed by atoms with van der Waals surface area (Å²) in [7, 11) is -4.64. The van der Waals surface area contributed by atoms with Gasteiger partial charge in [-0.25, -0.2) is 4.57 Å². The van der Waals surface area contributed by atoms with Crippen LogP contribution >= 0.6 is 7.82 Å². The molecule has 0 heterocycles. The first-order valence-corrected chi connectivity index (χ1v) is 8.88. The van der Waals surface area contributed by atoms with Crippen molar-refractivity contribution in [3.8, 4) is 0 Å². The lowest BCUT2D eigenvalue weighted by molar-refractivity contribution is 0.275. The zero-order chi connectivity index (χ0) is 16.1. The molecule has 1 saturated carbocycles. The summed E-state index contributed by atoms with van der Waals surface area (Å²) in [5.74, 6) is 0. The molecule has 4 nitrogen and oxygen atoms in total. The summed E-state index contributed by atoms with van der Waals surface area (Å²) in [6, 6.07) is 22.0. The van der Waals surface area contributed by atoms with Gasteiger partial charge in [-0.2, -0.15) is 0 Å². The third-order valence-corrected chi connectivity index (χ3v) is 4.11. The molecule has 0 spiro atoms. The van der Waals surface area contributed by atoms with Crippen molar-refractivity contribution < 1.29 is 19.2 Å². The van der Waals surface area contributed by atoms with Crippen molar-refractivity contribution in [2.45, 2.75) is 31.1 Å². The zero-order valence-corrected chi connectivity index (χ0v) is 13.2. The lowest BCUT2D eigenvalue weighted by Crippen LogP contribution is -2.23. The van der Waals surface area contributed by atoms with E-state index in [9.17, 15) is 0 Å². The van der Waals surface area contributed by atoms with Crippen LogP contribution in [0.4, 0.5) is 0 Å². The van der Waals surface area contributed by atoms with Gasteiger partial charge in [-0.15, -0.1) is 0 Å². The highest BCUT2D eigenvalue weighted by Crippen LogP contribution is 2.46. The molecule has 0 radical (unpaired) electrons. The predicted octanol–water partition coefficient (Wildman–Crippen LogP) is 3.62. The molecule has 0 aromatic heterocycles. The topological polar surface area (TPSA) is 77.8 Å². The van der Waals surface area contributed by atoms with E-state index >= 15 is 0 Å². The molecule has 1 aliphatic carbocycles. The number of hydrogen-bond donors (Lipinski definition) is 3. The fourth-order valence-electron chi connectivity index (χ4n) is 3.24. The molecular formula is C17H21O4P. The fourth-order valence-corrected chi connectivity index (χ4v) is 3.24. The highest BCUT2D eigenvalue weighted by atomic mass is 31.2. The summed E-state index contributed by atoms with van der Waals surface area (Å²) in [5, 5.41) is 0. The fraction of sp³-hybridized carbons (Fsp3) is 0.294. The van der Waals surface area contributed by atoms with Gasteiger partial charge in [0.1, 0.15) is 0 Å². The lowest BCUT2D eigenvalue weighted by Gasteiger charge is -2.30. The Hall–Kier alpha value is -1.45. The highest BCUT2D eigenvalue weighted by molar-refractivity contribution is 7.45.